The van der Waals surface area contributed by atoms with Crippen molar-refractivity contribution in [2.75, 3.05) is 32.9 Å². The first-order valence-corrected chi connectivity index (χ1v) is 9.23. The zero-order chi connectivity index (χ0) is 18.6. The largest absolute Gasteiger partial charge is 0.475 e. The number of ether oxygens (including phenoxy) is 2. The molecule has 2 fully saturated rings. The molecule has 1 aliphatic heterocycles. The SMILES string of the molecule is FC(F)(F)c1cnc(OCCNC2CCCC2C2COCCN2)c(Cl)c1. The number of rotatable bonds is 6. The Morgan fingerprint density at radius 2 is 2.23 bits per heavy atom. The van der Waals surface area contributed by atoms with Gasteiger partial charge >= 0.3 is 6.18 Å². The van der Waals surface area contributed by atoms with Crippen LogP contribution >= 0.6 is 11.6 Å². The quantitative estimate of drug-likeness (QED) is 0.728. The van der Waals surface area contributed by atoms with Crippen LogP contribution in [0, 0.1) is 5.92 Å². The van der Waals surface area contributed by atoms with E-state index in [2.05, 4.69) is 15.6 Å². The summed E-state index contributed by atoms with van der Waals surface area (Å²) in [6.07, 6.45) is -0.302. The van der Waals surface area contributed by atoms with Crippen molar-refractivity contribution >= 4 is 11.6 Å². The Morgan fingerprint density at radius 1 is 1.38 bits per heavy atom. The average molecular weight is 394 g/mol. The van der Waals surface area contributed by atoms with E-state index in [1.807, 2.05) is 0 Å². The second kappa shape index (κ2) is 8.73. The van der Waals surface area contributed by atoms with Crippen molar-refractivity contribution in [1.82, 2.24) is 15.6 Å². The van der Waals surface area contributed by atoms with Crippen molar-refractivity contribution in [3.05, 3.63) is 22.8 Å². The van der Waals surface area contributed by atoms with Crippen molar-refractivity contribution < 1.29 is 22.6 Å². The number of nitrogens with zero attached hydrogens (tertiary/aromatic N) is 1. The molecule has 146 valence electrons. The van der Waals surface area contributed by atoms with Crippen molar-refractivity contribution in [3.8, 4) is 5.88 Å². The van der Waals surface area contributed by atoms with E-state index >= 15 is 0 Å². The molecule has 1 aromatic heterocycles. The molecule has 3 rings (SSSR count). The third kappa shape index (κ3) is 5.00. The molecular formula is C17H23ClF3N3O2. The summed E-state index contributed by atoms with van der Waals surface area (Å²) in [5.41, 5.74) is -0.885. The monoisotopic (exact) mass is 393 g/mol. The molecule has 3 unspecified atom stereocenters. The normalized spacial score (nSPS) is 26.8. The number of morpholine rings is 1. The number of halogens is 4. The van der Waals surface area contributed by atoms with Crippen molar-refractivity contribution in [1.29, 1.82) is 0 Å². The van der Waals surface area contributed by atoms with Gasteiger partial charge in [-0.25, -0.2) is 4.98 Å². The lowest BCUT2D eigenvalue weighted by molar-refractivity contribution is -0.137. The minimum Gasteiger partial charge on any atom is -0.475 e. The molecule has 2 N–H and O–H groups in total. The maximum Gasteiger partial charge on any atom is 0.417 e. The number of aromatic nitrogens is 1. The highest BCUT2D eigenvalue weighted by Crippen LogP contribution is 2.33. The predicted molar refractivity (Wildman–Crippen MR) is 91.5 cm³/mol. The Labute approximate surface area is 155 Å². The molecule has 1 aliphatic carbocycles. The van der Waals surface area contributed by atoms with Gasteiger partial charge in [0.25, 0.3) is 0 Å². The molecular weight excluding hydrogens is 371 g/mol. The first-order chi connectivity index (χ1) is 12.4. The van der Waals surface area contributed by atoms with Gasteiger partial charge in [-0.1, -0.05) is 18.0 Å². The van der Waals surface area contributed by atoms with Crippen molar-refractivity contribution in [2.24, 2.45) is 5.92 Å². The lowest BCUT2D eigenvalue weighted by Crippen LogP contribution is -2.51. The Hall–Kier alpha value is -1.09. The summed E-state index contributed by atoms with van der Waals surface area (Å²) in [5, 5.41) is 6.86. The molecule has 5 nitrogen and oxygen atoms in total. The molecule has 0 aromatic carbocycles. The van der Waals surface area contributed by atoms with Crippen LogP contribution in [0.15, 0.2) is 12.3 Å². The highest BCUT2D eigenvalue weighted by atomic mass is 35.5. The fraction of sp³-hybridized carbons (Fsp3) is 0.706. The van der Waals surface area contributed by atoms with E-state index in [1.54, 1.807) is 0 Å². The smallest absolute Gasteiger partial charge is 0.417 e. The zero-order valence-electron chi connectivity index (χ0n) is 14.3. The minimum absolute atomic E-state index is 0.0202. The van der Waals surface area contributed by atoms with Gasteiger partial charge in [-0.05, 0) is 24.8 Å². The number of alkyl halides is 3. The standard InChI is InChI=1S/C17H23ClF3N3O2/c18-13-8-11(17(19,20)21)9-24-16(13)26-7-5-22-14-3-1-2-12(14)15-10-25-6-4-23-15/h8-9,12,14-15,22-23H,1-7,10H2. The van der Waals surface area contributed by atoms with Gasteiger partial charge < -0.3 is 20.1 Å². The lowest BCUT2D eigenvalue weighted by Gasteiger charge is -2.33. The summed E-state index contributed by atoms with van der Waals surface area (Å²) in [4.78, 5) is 3.67. The molecule has 26 heavy (non-hydrogen) atoms. The lowest BCUT2D eigenvalue weighted by atomic mass is 9.94. The average Bonchev–Trinajstić information content (AvgIpc) is 3.08. The Bertz CT molecular complexity index is 597. The van der Waals surface area contributed by atoms with Crippen LogP contribution in [0.25, 0.3) is 0 Å². The van der Waals surface area contributed by atoms with Crippen molar-refractivity contribution in [3.63, 3.8) is 0 Å². The molecule has 0 radical (unpaired) electrons. The summed E-state index contributed by atoms with van der Waals surface area (Å²) in [7, 11) is 0. The highest BCUT2D eigenvalue weighted by Gasteiger charge is 2.34. The Morgan fingerprint density at radius 3 is 2.92 bits per heavy atom. The van der Waals surface area contributed by atoms with E-state index in [4.69, 9.17) is 21.1 Å². The van der Waals surface area contributed by atoms with Crippen LogP contribution in [-0.2, 0) is 10.9 Å². The van der Waals surface area contributed by atoms with E-state index in [9.17, 15) is 13.2 Å². The van der Waals surface area contributed by atoms with Crippen LogP contribution in [0.4, 0.5) is 13.2 Å². The molecule has 2 heterocycles. The van der Waals surface area contributed by atoms with Gasteiger partial charge in [0.1, 0.15) is 11.6 Å². The molecule has 3 atom stereocenters. The summed E-state index contributed by atoms with van der Waals surface area (Å²) in [5.74, 6) is 0.537. The number of hydrogen-bond donors (Lipinski definition) is 2. The topological polar surface area (TPSA) is 55.4 Å². The predicted octanol–water partition coefficient (Wildman–Crippen LogP) is 2.88. The summed E-state index contributed by atoms with van der Waals surface area (Å²) in [6.45, 7) is 3.25. The van der Waals surface area contributed by atoms with Crippen LogP contribution in [-0.4, -0.2) is 50.0 Å². The van der Waals surface area contributed by atoms with Crippen LogP contribution in [0.5, 0.6) is 5.88 Å². The number of hydrogen-bond acceptors (Lipinski definition) is 5. The maximum absolute atomic E-state index is 12.6. The van der Waals surface area contributed by atoms with Gasteiger partial charge in [-0.15, -0.1) is 0 Å². The van der Waals surface area contributed by atoms with Gasteiger partial charge in [0.15, 0.2) is 0 Å². The fourth-order valence-electron chi connectivity index (χ4n) is 3.66. The maximum atomic E-state index is 12.6. The molecule has 0 bridgehead atoms. The number of nitrogens with one attached hydrogen (secondary N) is 2. The third-order valence-corrected chi connectivity index (χ3v) is 5.19. The molecule has 0 spiro atoms. The molecule has 1 saturated carbocycles. The molecule has 9 heteroatoms. The van der Waals surface area contributed by atoms with Gasteiger partial charge in [0.2, 0.25) is 5.88 Å². The van der Waals surface area contributed by atoms with E-state index in [0.29, 0.717) is 24.5 Å². The van der Waals surface area contributed by atoms with Crippen LogP contribution < -0.4 is 15.4 Å². The summed E-state index contributed by atoms with van der Waals surface area (Å²) < 4.78 is 48.8. The first kappa shape index (κ1) is 19.7. The van der Waals surface area contributed by atoms with E-state index in [1.165, 1.54) is 6.42 Å². The zero-order valence-corrected chi connectivity index (χ0v) is 15.1. The Balaban J connectivity index is 1.45. The molecule has 0 amide bonds. The third-order valence-electron chi connectivity index (χ3n) is 4.92. The van der Waals surface area contributed by atoms with E-state index in [-0.39, 0.29) is 17.5 Å². The van der Waals surface area contributed by atoms with Crippen LogP contribution in [0.2, 0.25) is 5.02 Å². The van der Waals surface area contributed by atoms with Gasteiger partial charge in [0.05, 0.1) is 18.8 Å². The minimum atomic E-state index is -4.47. The second-order valence-electron chi connectivity index (χ2n) is 6.65. The Kier molecular flexibility index (Phi) is 6.60. The summed E-state index contributed by atoms with van der Waals surface area (Å²) >= 11 is 5.84. The number of pyridine rings is 1. The summed E-state index contributed by atoms with van der Waals surface area (Å²) in [6, 6.07) is 1.59. The molecule has 2 aliphatic rings. The van der Waals surface area contributed by atoms with Crippen molar-refractivity contribution in [2.45, 2.75) is 37.5 Å². The van der Waals surface area contributed by atoms with Gasteiger partial charge in [-0.3, -0.25) is 0 Å². The van der Waals surface area contributed by atoms with Gasteiger partial charge in [-0.2, -0.15) is 13.2 Å². The molecule has 1 saturated heterocycles. The van der Waals surface area contributed by atoms with Gasteiger partial charge in [0, 0.05) is 31.4 Å². The fourth-order valence-corrected chi connectivity index (χ4v) is 3.88. The van der Waals surface area contributed by atoms with E-state index < -0.39 is 11.7 Å². The molecule has 1 aromatic rings. The second-order valence-corrected chi connectivity index (χ2v) is 7.06. The van der Waals surface area contributed by atoms with E-state index in [0.717, 1.165) is 44.9 Å². The first-order valence-electron chi connectivity index (χ1n) is 8.85. The highest BCUT2D eigenvalue weighted by molar-refractivity contribution is 6.31. The van der Waals surface area contributed by atoms with Crippen LogP contribution in [0.1, 0.15) is 24.8 Å². The van der Waals surface area contributed by atoms with Crippen LogP contribution in [0.3, 0.4) is 0 Å².